The highest BCUT2D eigenvalue weighted by atomic mass is 32.1. The summed E-state index contributed by atoms with van der Waals surface area (Å²) in [7, 11) is 0. The third-order valence-corrected chi connectivity index (χ3v) is 4.11. The number of hydrogen-bond donors (Lipinski definition) is 2. The first-order valence-electron chi connectivity index (χ1n) is 7.63. The standard InChI is InChI=1S/C17H16F2N2O4S/c18-13-5-3-11(8-14(13)19)21-15(22)9-20-16(23)10-25-17(24)6-4-12-2-1-7-26-12/h1-3,5,7-8H,4,6,9-10H2,(H,20,23)(H,21,22). The zero-order valence-electron chi connectivity index (χ0n) is 13.6. The van der Waals surface area contributed by atoms with Crippen molar-refractivity contribution in [2.45, 2.75) is 12.8 Å². The lowest BCUT2D eigenvalue weighted by molar-refractivity contribution is -0.148. The predicted octanol–water partition coefficient (Wildman–Crippen LogP) is 2.26. The summed E-state index contributed by atoms with van der Waals surface area (Å²) in [6.07, 6.45) is 0.694. The van der Waals surface area contributed by atoms with Crippen LogP contribution < -0.4 is 10.6 Å². The Kier molecular flexibility index (Phi) is 7.22. The number of ether oxygens (including phenoxy) is 1. The predicted molar refractivity (Wildman–Crippen MR) is 91.6 cm³/mol. The van der Waals surface area contributed by atoms with Crippen molar-refractivity contribution in [2.24, 2.45) is 0 Å². The van der Waals surface area contributed by atoms with Crippen molar-refractivity contribution in [2.75, 3.05) is 18.5 Å². The molecule has 0 atom stereocenters. The molecule has 138 valence electrons. The minimum Gasteiger partial charge on any atom is -0.456 e. The van der Waals surface area contributed by atoms with Gasteiger partial charge in [0.25, 0.3) is 5.91 Å². The summed E-state index contributed by atoms with van der Waals surface area (Å²) in [4.78, 5) is 35.8. The summed E-state index contributed by atoms with van der Waals surface area (Å²) in [5.74, 6) is -3.92. The Morgan fingerprint density at radius 2 is 1.88 bits per heavy atom. The van der Waals surface area contributed by atoms with E-state index < -0.39 is 42.6 Å². The second kappa shape index (κ2) is 9.62. The maximum Gasteiger partial charge on any atom is 0.306 e. The van der Waals surface area contributed by atoms with Gasteiger partial charge in [0.2, 0.25) is 5.91 Å². The molecule has 0 saturated carbocycles. The molecule has 0 fully saturated rings. The second-order valence-corrected chi connectivity index (χ2v) is 6.23. The first kappa shape index (κ1) is 19.5. The van der Waals surface area contributed by atoms with Crippen LogP contribution in [-0.4, -0.2) is 30.9 Å². The van der Waals surface area contributed by atoms with Gasteiger partial charge in [-0.25, -0.2) is 8.78 Å². The van der Waals surface area contributed by atoms with Crippen LogP contribution in [0.4, 0.5) is 14.5 Å². The van der Waals surface area contributed by atoms with Crippen molar-refractivity contribution in [3.05, 3.63) is 52.2 Å². The lowest BCUT2D eigenvalue weighted by atomic mass is 10.3. The molecule has 0 aliphatic carbocycles. The van der Waals surface area contributed by atoms with Crippen LogP contribution in [0, 0.1) is 11.6 Å². The van der Waals surface area contributed by atoms with E-state index in [0.717, 1.165) is 17.0 Å². The molecule has 0 unspecified atom stereocenters. The minimum absolute atomic E-state index is 0.0585. The van der Waals surface area contributed by atoms with Gasteiger partial charge in [0.05, 0.1) is 13.0 Å². The number of hydrogen-bond acceptors (Lipinski definition) is 5. The molecular weight excluding hydrogens is 366 g/mol. The van der Waals surface area contributed by atoms with Gasteiger partial charge in [-0.05, 0) is 30.0 Å². The van der Waals surface area contributed by atoms with Gasteiger partial charge in [-0.3, -0.25) is 14.4 Å². The van der Waals surface area contributed by atoms with E-state index in [1.165, 1.54) is 17.4 Å². The Morgan fingerprint density at radius 3 is 2.58 bits per heavy atom. The fourth-order valence-electron chi connectivity index (χ4n) is 1.91. The first-order chi connectivity index (χ1) is 12.4. The van der Waals surface area contributed by atoms with E-state index in [1.54, 1.807) is 0 Å². The quantitative estimate of drug-likeness (QED) is 0.686. The average Bonchev–Trinajstić information content (AvgIpc) is 3.13. The van der Waals surface area contributed by atoms with Gasteiger partial charge in [-0.15, -0.1) is 11.3 Å². The normalized spacial score (nSPS) is 10.2. The van der Waals surface area contributed by atoms with E-state index in [2.05, 4.69) is 10.6 Å². The summed E-state index contributed by atoms with van der Waals surface area (Å²) in [5, 5.41) is 6.46. The monoisotopic (exact) mass is 382 g/mol. The molecule has 0 saturated heterocycles. The zero-order valence-corrected chi connectivity index (χ0v) is 14.4. The third kappa shape index (κ3) is 6.60. The fourth-order valence-corrected chi connectivity index (χ4v) is 2.62. The van der Waals surface area contributed by atoms with Crippen molar-refractivity contribution in [1.82, 2.24) is 5.32 Å². The average molecular weight is 382 g/mol. The third-order valence-electron chi connectivity index (χ3n) is 3.17. The lowest BCUT2D eigenvalue weighted by Crippen LogP contribution is -2.35. The van der Waals surface area contributed by atoms with Gasteiger partial charge in [0.1, 0.15) is 0 Å². The van der Waals surface area contributed by atoms with E-state index in [1.807, 2.05) is 17.5 Å². The summed E-state index contributed by atoms with van der Waals surface area (Å²) < 4.78 is 30.6. The minimum atomic E-state index is -1.10. The van der Waals surface area contributed by atoms with Crippen LogP contribution in [0.1, 0.15) is 11.3 Å². The number of rotatable bonds is 8. The highest BCUT2D eigenvalue weighted by molar-refractivity contribution is 7.09. The highest BCUT2D eigenvalue weighted by Crippen LogP contribution is 2.13. The number of esters is 1. The van der Waals surface area contributed by atoms with Crippen molar-refractivity contribution >= 4 is 34.8 Å². The molecule has 0 radical (unpaired) electrons. The van der Waals surface area contributed by atoms with Crippen molar-refractivity contribution < 1.29 is 27.9 Å². The van der Waals surface area contributed by atoms with Crippen LogP contribution in [0.15, 0.2) is 35.7 Å². The number of thiophene rings is 1. The molecule has 1 heterocycles. The van der Waals surface area contributed by atoms with Crippen LogP contribution in [0.25, 0.3) is 0 Å². The Morgan fingerprint density at radius 1 is 1.08 bits per heavy atom. The molecule has 1 aromatic heterocycles. The van der Waals surface area contributed by atoms with Gasteiger partial charge in [-0.1, -0.05) is 6.07 Å². The van der Waals surface area contributed by atoms with Crippen molar-refractivity contribution in [3.63, 3.8) is 0 Å². The number of carbonyl (C=O) groups excluding carboxylic acids is 3. The van der Waals surface area contributed by atoms with Gasteiger partial charge >= 0.3 is 5.97 Å². The number of anilines is 1. The zero-order chi connectivity index (χ0) is 18.9. The van der Waals surface area contributed by atoms with Crippen LogP contribution in [0.2, 0.25) is 0 Å². The molecule has 1 aromatic carbocycles. The number of halogens is 2. The summed E-state index contributed by atoms with van der Waals surface area (Å²) >= 11 is 1.53. The molecule has 2 rings (SSSR count). The van der Waals surface area contributed by atoms with E-state index in [4.69, 9.17) is 4.74 Å². The largest absolute Gasteiger partial charge is 0.456 e. The Labute approximate surface area is 152 Å². The molecule has 0 aliphatic heterocycles. The van der Waals surface area contributed by atoms with Gasteiger partial charge in [-0.2, -0.15) is 0 Å². The molecular formula is C17H16F2N2O4S. The number of aryl methyl sites for hydroxylation is 1. The van der Waals surface area contributed by atoms with E-state index in [9.17, 15) is 23.2 Å². The molecule has 0 spiro atoms. The number of amides is 2. The smallest absolute Gasteiger partial charge is 0.306 e. The molecule has 0 aliphatic rings. The number of carbonyl (C=O) groups is 3. The van der Waals surface area contributed by atoms with Gasteiger partial charge in [0.15, 0.2) is 18.2 Å². The highest BCUT2D eigenvalue weighted by Gasteiger charge is 2.11. The Hall–Kier alpha value is -2.81. The summed E-state index contributed by atoms with van der Waals surface area (Å²) in [5.41, 5.74) is 0.0585. The van der Waals surface area contributed by atoms with Crippen molar-refractivity contribution in [3.8, 4) is 0 Å². The van der Waals surface area contributed by atoms with Crippen LogP contribution in [0.3, 0.4) is 0 Å². The molecule has 6 nitrogen and oxygen atoms in total. The maximum atomic E-state index is 13.0. The molecule has 2 N–H and O–H groups in total. The van der Waals surface area contributed by atoms with Crippen LogP contribution in [-0.2, 0) is 25.5 Å². The second-order valence-electron chi connectivity index (χ2n) is 5.19. The van der Waals surface area contributed by atoms with E-state index in [-0.39, 0.29) is 12.1 Å². The fraction of sp³-hybridized carbons (Fsp3) is 0.235. The van der Waals surface area contributed by atoms with Crippen LogP contribution in [0.5, 0.6) is 0 Å². The maximum absolute atomic E-state index is 13.0. The van der Waals surface area contributed by atoms with Crippen molar-refractivity contribution in [1.29, 1.82) is 0 Å². The molecule has 2 amide bonds. The Balaban J connectivity index is 1.63. The molecule has 9 heteroatoms. The molecule has 0 bridgehead atoms. The summed E-state index contributed by atoms with van der Waals surface area (Å²) in [6, 6.07) is 6.66. The Bertz CT molecular complexity index is 781. The lowest BCUT2D eigenvalue weighted by Gasteiger charge is -2.08. The first-order valence-corrected chi connectivity index (χ1v) is 8.51. The van der Waals surface area contributed by atoms with Gasteiger partial charge < -0.3 is 15.4 Å². The van der Waals surface area contributed by atoms with Gasteiger partial charge in [0, 0.05) is 16.6 Å². The van der Waals surface area contributed by atoms with E-state index >= 15 is 0 Å². The number of benzene rings is 1. The molecule has 26 heavy (non-hydrogen) atoms. The van der Waals surface area contributed by atoms with E-state index in [0.29, 0.717) is 6.42 Å². The van der Waals surface area contributed by atoms with Crippen LogP contribution >= 0.6 is 11.3 Å². The topological polar surface area (TPSA) is 84.5 Å². The SMILES string of the molecule is O=C(COC(=O)CCc1cccs1)NCC(=O)Nc1ccc(F)c(F)c1. The number of nitrogens with one attached hydrogen (secondary N) is 2. The summed E-state index contributed by atoms with van der Waals surface area (Å²) in [6.45, 7) is -0.897. The molecule has 2 aromatic rings.